The molecule has 0 N–H and O–H groups in total. The smallest absolute Gasteiger partial charge is 0.163 e. The Hall–Kier alpha value is -0.200. The molecular formula is C11H22O5. The van der Waals surface area contributed by atoms with Gasteiger partial charge in [-0.1, -0.05) is 0 Å². The van der Waals surface area contributed by atoms with Crippen LogP contribution in [0, 0.1) is 0 Å². The summed E-state index contributed by atoms with van der Waals surface area (Å²) in [6.45, 7) is 3.95. The third-order valence-corrected chi connectivity index (χ3v) is 2.35. The summed E-state index contributed by atoms with van der Waals surface area (Å²) in [4.78, 5) is 0. The van der Waals surface area contributed by atoms with E-state index >= 15 is 0 Å². The van der Waals surface area contributed by atoms with Crippen molar-refractivity contribution in [3.8, 4) is 0 Å². The van der Waals surface area contributed by atoms with Crippen molar-refractivity contribution >= 4 is 0 Å². The highest BCUT2D eigenvalue weighted by molar-refractivity contribution is 4.61. The summed E-state index contributed by atoms with van der Waals surface area (Å²) in [7, 11) is 3.30. The van der Waals surface area contributed by atoms with E-state index in [9.17, 15) is 0 Å². The van der Waals surface area contributed by atoms with Gasteiger partial charge in [0.05, 0.1) is 19.3 Å². The van der Waals surface area contributed by atoms with Crippen LogP contribution in [0.25, 0.3) is 0 Å². The number of methoxy groups -OCH3 is 2. The Balaban J connectivity index is 2.11. The first kappa shape index (κ1) is 13.9. The molecule has 0 spiro atoms. The average molecular weight is 234 g/mol. The van der Waals surface area contributed by atoms with Crippen LogP contribution in [-0.4, -0.2) is 52.7 Å². The van der Waals surface area contributed by atoms with Crippen molar-refractivity contribution in [3.63, 3.8) is 0 Å². The number of hydrogen-bond donors (Lipinski definition) is 0. The minimum atomic E-state index is -0.271. The van der Waals surface area contributed by atoms with Crippen LogP contribution in [0.15, 0.2) is 0 Å². The molecule has 0 amide bonds. The van der Waals surface area contributed by atoms with Gasteiger partial charge in [0.15, 0.2) is 12.6 Å². The molecule has 0 aromatic heterocycles. The van der Waals surface area contributed by atoms with Gasteiger partial charge in [-0.05, 0) is 13.3 Å². The molecule has 0 aromatic rings. The molecule has 1 aliphatic heterocycles. The third kappa shape index (κ3) is 5.23. The first-order valence-electron chi connectivity index (χ1n) is 5.66. The van der Waals surface area contributed by atoms with E-state index in [2.05, 4.69) is 0 Å². The van der Waals surface area contributed by atoms with Crippen LogP contribution >= 0.6 is 0 Å². The molecule has 0 bridgehead atoms. The van der Waals surface area contributed by atoms with Gasteiger partial charge in [0, 0.05) is 27.2 Å². The quantitative estimate of drug-likeness (QED) is 0.466. The molecule has 1 heterocycles. The predicted molar refractivity (Wildman–Crippen MR) is 58.1 cm³/mol. The highest BCUT2D eigenvalue weighted by atomic mass is 16.7. The van der Waals surface area contributed by atoms with Crippen LogP contribution in [0.2, 0.25) is 0 Å². The second-order valence-electron chi connectivity index (χ2n) is 3.83. The van der Waals surface area contributed by atoms with E-state index in [1.807, 2.05) is 6.92 Å². The molecule has 1 fully saturated rings. The van der Waals surface area contributed by atoms with E-state index < -0.39 is 0 Å². The third-order valence-electron chi connectivity index (χ3n) is 2.35. The van der Waals surface area contributed by atoms with E-state index in [4.69, 9.17) is 23.7 Å². The maximum Gasteiger partial charge on any atom is 0.163 e. The second-order valence-corrected chi connectivity index (χ2v) is 3.83. The summed E-state index contributed by atoms with van der Waals surface area (Å²) in [6, 6.07) is 0. The molecule has 0 saturated carbocycles. The Morgan fingerprint density at radius 1 is 1.31 bits per heavy atom. The Labute approximate surface area is 97.0 Å². The summed E-state index contributed by atoms with van der Waals surface area (Å²) in [6.07, 6.45) is 1.15. The van der Waals surface area contributed by atoms with Crippen LogP contribution in [0.1, 0.15) is 19.8 Å². The zero-order valence-electron chi connectivity index (χ0n) is 10.3. The van der Waals surface area contributed by atoms with Gasteiger partial charge in [-0.2, -0.15) is 0 Å². The van der Waals surface area contributed by atoms with E-state index in [1.165, 1.54) is 0 Å². The zero-order valence-corrected chi connectivity index (χ0v) is 10.3. The minimum absolute atomic E-state index is 0.163. The normalized spacial score (nSPS) is 27.2. The first-order chi connectivity index (χ1) is 7.76. The Kier molecular flexibility index (Phi) is 6.91. The molecule has 5 heteroatoms. The zero-order chi connectivity index (χ0) is 11.8. The van der Waals surface area contributed by atoms with Crippen LogP contribution in [0.3, 0.4) is 0 Å². The molecule has 1 aliphatic rings. The van der Waals surface area contributed by atoms with Gasteiger partial charge in [-0.25, -0.2) is 0 Å². The van der Waals surface area contributed by atoms with Crippen molar-refractivity contribution in [2.75, 3.05) is 34.0 Å². The molecule has 96 valence electrons. The molecule has 0 radical (unpaired) electrons. The molecule has 3 atom stereocenters. The van der Waals surface area contributed by atoms with Gasteiger partial charge < -0.3 is 23.7 Å². The Bertz CT molecular complexity index is 176. The standard InChI is InChI=1S/C11H22O5/c1-9-8-15-11(16-9)7-10(13-3)14-6-4-5-12-2/h9-11H,4-8H2,1-3H3. The monoisotopic (exact) mass is 234 g/mol. The van der Waals surface area contributed by atoms with E-state index in [0.717, 1.165) is 6.42 Å². The summed E-state index contributed by atoms with van der Waals surface area (Å²) in [5.74, 6) is 0. The molecule has 0 aliphatic carbocycles. The van der Waals surface area contributed by atoms with Gasteiger partial charge in [0.2, 0.25) is 0 Å². The maximum atomic E-state index is 5.53. The van der Waals surface area contributed by atoms with Crippen molar-refractivity contribution in [1.29, 1.82) is 0 Å². The number of hydrogen-bond acceptors (Lipinski definition) is 5. The predicted octanol–water partition coefficient (Wildman–Crippen LogP) is 1.16. The SMILES string of the molecule is COCCCOC(CC1OCC(C)O1)OC. The Morgan fingerprint density at radius 2 is 2.12 bits per heavy atom. The van der Waals surface area contributed by atoms with Crippen molar-refractivity contribution in [2.45, 2.75) is 38.4 Å². The highest BCUT2D eigenvalue weighted by Gasteiger charge is 2.25. The van der Waals surface area contributed by atoms with Crippen molar-refractivity contribution < 1.29 is 23.7 Å². The summed E-state index contributed by atoms with van der Waals surface area (Å²) < 4.78 is 26.6. The lowest BCUT2D eigenvalue weighted by atomic mass is 10.4. The van der Waals surface area contributed by atoms with Crippen LogP contribution in [0.5, 0.6) is 0 Å². The lowest BCUT2D eigenvalue weighted by Crippen LogP contribution is -2.24. The van der Waals surface area contributed by atoms with E-state index in [-0.39, 0.29) is 18.7 Å². The minimum Gasteiger partial charge on any atom is -0.385 e. The fourth-order valence-corrected chi connectivity index (χ4v) is 1.51. The van der Waals surface area contributed by atoms with Gasteiger partial charge in [0.25, 0.3) is 0 Å². The lowest BCUT2D eigenvalue weighted by Gasteiger charge is -2.19. The number of rotatable bonds is 8. The molecule has 0 aromatic carbocycles. The van der Waals surface area contributed by atoms with Crippen molar-refractivity contribution in [3.05, 3.63) is 0 Å². The van der Waals surface area contributed by atoms with Gasteiger partial charge in [-0.3, -0.25) is 0 Å². The van der Waals surface area contributed by atoms with Crippen LogP contribution in [-0.2, 0) is 23.7 Å². The second kappa shape index (κ2) is 7.97. The van der Waals surface area contributed by atoms with Gasteiger partial charge >= 0.3 is 0 Å². The number of ether oxygens (including phenoxy) is 5. The largest absolute Gasteiger partial charge is 0.385 e. The van der Waals surface area contributed by atoms with Gasteiger partial charge in [0.1, 0.15) is 0 Å². The Morgan fingerprint density at radius 3 is 2.69 bits per heavy atom. The molecule has 1 saturated heterocycles. The highest BCUT2D eigenvalue weighted by Crippen LogP contribution is 2.17. The summed E-state index contributed by atoms with van der Waals surface area (Å²) in [5.41, 5.74) is 0. The molecular weight excluding hydrogens is 212 g/mol. The fourth-order valence-electron chi connectivity index (χ4n) is 1.51. The molecule has 3 unspecified atom stereocenters. The first-order valence-corrected chi connectivity index (χ1v) is 5.66. The van der Waals surface area contributed by atoms with Crippen LogP contribution in [0.4, 0.5) is 0 Å². The van der Waals surface area contributed by atoms with Crippen molar-refractivity contribution in [2.24, 2.45) is 0 Å². The topological polar surface area (TPSA) is 46.2 Å². The van der Waals surface area contributed by atoms with Gasteiger partial charge in [-0.15, -0.1) is 0 Å². The summed E-state index contributed by atoms with van der Waals surface area (Å²) in [5, 5.41) is 0. The van der Waals surface area contributed by atoms with E-state index in [1.54, 1.807) is 14.2 Å². The lowest BCUT2D eigenvalue weighted by molar-refractivity contribution is -0.174. The van der Waals surface area contributed by atoms with E-state index in [0.29, 0.717) is 26.2 Å². The summed E-state index contributed by atoms with van der Waals surface area (Å²) >= 11 is 0. The molecule has 1 rings (SSSR count). The molecule has 5 nitrogen and oxygen atoms in total. The average Bonchev–Trinajstić information content (AvgIpc) is 2.68. The van der Waals surface area contributed by atoms with Crippen molar-refractivity contribution in [1.82, 2.24) is 0 Å². The maximum absolute atomic E-state index is 5.53. The fraction of sp³-hybridized carbons (Fsp3) is 1.00. The van der Waals surface area contributed by atoms with Crippen LogP contribution < -0.4 is 0 Å². The molecule has 16 heavy (non-hydrogen) atoms.